The van der Waals surface area contributed by atoms with Crippen LogP contribution in [0, 0.1) is 0 Å². The zero-order valence-electron chi connectivity index (χ0n) is 8.76. The summed E-state index contributed by atoms with van der Waals surface area (Å²) < 4.78 is 0. The molecule has 1 aromatic rings. The second-order valence-electron chi connectivity index (χ2n) is 4.26. The summed E-state index contributed by atoms with van der Waals surface area (Å²) in [4.78, 5) is 2.39. The number of hydrogen-bond donors (Lipinski definition) is 0. The van der Waals surface area contributed by atoms with Crippen molar-refractivity contribution in [3.8, 4) is 0 Å². The highest BCUT2D eigenvalue weighted by Crippen LogP contribution is 2.27. The Morgan fingerprint density at radius 2 is 2.21 bits per heavy atom. The lowest BCUT2D eigenvalue weighted by molar-refractivity contribution is 0.332. The summed E-state index contributed by atoms with van der Waals surface area (Å²) >= 11 is 6.02. The van der Waals surface area contributed by atoms with E-state index < -0.39 is 0 Å². The van der Waals surface area contributed by atoms with Crippen molar-refractivity contribution in [3.05, 3.63) is 34.3 Å². The van der Waals surface area contributed by atoms with Gasteiger partial charge in [0.1, 0.15) is 0 Å². The smallest absolute Gasteiger partial charge is 0.0409 e. The Labute approximate surface area is 90.7 Å². The quantitative estimate of drug-likeness (QED) is 0.635. The van der Waals surface area contributed by atoms with E-state index in [1.54, 1.807) is 0 Å². The Morgan fingerprint density at radius 1 is 1.43 bits per heavy atom. The van der Waals surface area contributed by atoms with Gasteiger partial charge in [-0.05, 0) is 42.6 Å². The second-order valence-corrected chi connectivity index (χ2v) is 4.69. The van der Waals surface area contributed by atoms with Crippen molar-refractivity contribution in [3.63, 3.8) is 0 Å². The molecule has 2 heteroatoms. The number of rotatable bonds is 0. The Balaban J connectivity index is 2.39. The second kappa shape index (κ2) is 3.92. The van der Waals surface area contributed by atoms with Crippen LogP contribution in [-0.2, 0) is 6.42 Å². The molecule has 0 amide bonds. The van der Waals surface area contributed by atoms with Gasteiger partial charge in [0.25, 0.3) is 0 Å². The third kappa shape index (κ3) is 1.94. The van der Waals surface area contributed by atoms with Gasteiger partial charge in [-0.15, -0.1) is 0 Å². The summed E-state index contributed by atoms with van der Waals surface area (Å²) in [7, 11) is 2.18. The molecule has 1 atom stereocenters. The molecule has 0 bridgehead atoms. The van der Waals surface area contributed by atoms with Crippen molar-refractivity contribution in [1.82, 2.24) is 4.90 Å². The van der Waals surface area contributed by atoms with Gasteiger partial charge in [-0.25, -0.2) is 0 Å². The molecule has 0 saturated heterocycles. The first kappa shape index (κ1) is 10.0. The van der Waals surface area contributed by atoms with Crippen molar-refractivity contribution in [2.24, 2.45) is 0 Å². The van der Waals surface area contributed by atoms with Crippen molar-refractivity contribution in [2.45, 2.75) is 19.3 Å². The molecule has 1 aliphatic rings. The molecule has 0 aromatic heterocycles. The lowest BCUT2D eigenvalue weighted by Gasteiger charge is -2.17. The van der Waals surface area contributed by atoms with Crippen LogP contribution in [0.1, 0.15) is 24.0 Å². The molecule has 0 N–H and O–H groups in total. The van der Waals surface area contributed by atoms with Crippen molar-refractivity contribution in [2.75, 3.05) is 20.1 Å². The Kier molecular flexibility index (Phi) is 2.80. The van der Waals surface area contributed by atoms with Crippen LogP contribution >= 0.6 is 11.6 Å². The topological polar surface area (TPSA) is 3.24 Å². The lowest BCUT2D eigenvalue weighted by atomic mass is 9.95. The van der Waals surface area contributed by atoms with Crippen LogP contribution in [0.15, 0.2) is 18.2 Å². The van der Waals surface area contributed by atoms with Crippen LogP contribution in [-0.4, -0.2) is 25.0 Å². The molecule has 14 heavy (non-hydrogen) atoms. The molecule has 76 valence electrons. The summed E-state index contributed by atoms with van der Waals surface area (Å²) in [6.45, 7) is 4.56. The molecule has 0 spiro atoms. The van der Waals surface area contributed by atoms with E-state index in [1.165, 1.54) is 11.1 Å². The van der Waals surface area contributed by atoms with Gasteiger partial charge in [-0.1, -0.05) is 24.6 Å². The zero-order chi connectivity index (χ0) is 10.1. The molecule has 2 rings (SSSR count). The third-order valence-electron chi connectivity index (χ3n) is 2.99. The highest BCUT2D eigenvalue weighted by Gasteiger charge is 2.17. The van der Waals surface area contributed by atoms with Gasteiger partial charge in [0.2, 0.25) is 0 Å². The monoisotopic (exact) mass is 209 g/mol. The molecule has 0 fully saturated rings. The van der Waals surface area contributed by atoms with E-state index in [4.69, 9.17) is 11.6 Å². The average Bonchev–Trinajstić information content (AvgIpc) is 2.27. The normalized spacial score (nSPS) is 22.9. The van der Waals surface area contributed by atoms with Gasteiger partial charge < -0.3 is 4.90 Å². The first-order valence-electron chi connectivity index (χ1n) is 5.13. The summed E-state index contributed by atoms with van der Waals surface area (Å²) in [5.41, 5.74) is 2.90. The molecule has 1 aromatic carbocycles. The van der Waals surface area contributed by atoms with E-state index >= 15 is 0 Å². The zero-order valence-corrected chi connectivity index (χ0v) is 9.51. The maximum absolute atomic E-state index is 6.02. The number of nitrogens with zero attached hydrogens (tertiary/aromatic N) is 1. The molecular weight excluding hydrogens is 194 g/mol. The highest BCUT2D eigenvalue weighted by atomic mass is 35.5. The average molecular weight is 210 g/mol. The maximum atomic E-state index is 6.02. The van der Waals surface area contributed by atoms with E-state index in [0.29, 0.717) is 5.92 Å². The summed E-state index contributed by atoms with van der Waals surface area (Å²) in [6, 6.07) is 6.30. The SMILES string of the molecule is CC1CN(C)CCc2ccc(Cl)cc21. The molecule has 1 unspecified atom stereocenters. The van der Waals surface area contributed by atoms with E-state index in [0.717, 1.165) is 24.5 Å². The number of fused-ring (bicyclic) bond motifs is 1. The Morgan fingerprint density at radius 3 is 3.00 bits per heavy atom. The molecular formula is C12H16ClN. The standard InChI is InChI=1S/C12H16ClN/c1-9-8-14(2)6-5-10-3-4-11(13)7-12(9)10/h3-4,7,9H,5-6,8H2,1-2H3. The van der Waals surface area contributed by atoms with E-state index in [2.05, 4.69) is 31.0 Å². The van der Waals surface area contributed by atoms with Gasteiger partial charge in [-0.3, -0.25) is 0 Å². The van der Waals surface area contributed by atoms with Crippen molar-refractivity contribution in [1.29, 1.82) is 0 Å². The van der Waals surface area contributed by atoms with E-state index in [-0.39, 0.29) is 0 Å². The summed E-state index contributed by atoms with van der Waals surface area (Å²) in [6.07, 6.45) is 1.15. The molecule has 1 nitrogen and oxygen atoms in total. The van der Waals surface area contributed by atoms with Gasteiger partial charge in [0.05, 0.1) is 0 Å². The Hall–Kier alpha value is -0.530. The van der Waals surface area contributed by atoms with Crippen molar-refractivity contribution >= 4 is 11.6 Å². The van der Waals surface area contributed by atoms with Crippen LogP contribution in [0.2, 0.25) is 5.02 Å². The van der Waals surface area contributed by atoms with Crippen LogP contribution in [0.4, 0.5) is 0 Å². The maximum Gasteiger partial charge on any atom is 0.0409 e. The van der Waals surface area contributed by atoms with Gasteiger partial charge >= 0.3 is 0 Å². The summed E-state index contributed by atoms with van der Waals surface area (Å²) in [5, 5.41) is 0.861. The fourth-order valence-electron chi connectivity index (χ4n) is 2.22. The Bertz CT molecular complexity index is 335. The highest BCUT2D eigenvalue weighted by molar-refractivity contribution is 6.30. The third-order valence-corrected chi connectivity index (χ3v) is 3.22. The molecule has 1 aliphatic heterocycles. The first-order valence-corrected chi connectivity index (χ1v) is 5.51. The number of hydrogen-bond acceptors (Lipinski definition) is 1. The number of benzene rings is 1. The van der Waals surface area contributed by atoms with Crippen LogP contribution in [0.25, 0.3) is 0 Å². The molecule has 1 heterocycles. The molecule has 0 saturated carbocycles. The molecule has 0 radical (unpaired) electrons. The minimum absolute atomic E-state index is 0.594. The fraction of sp³-hybridized carbons (Fsp3) is 0.500. The first-order chi connectivity index (χ1) is 6.66. The van der Waals surface area contributed by atoms with Crippen LogP contribution in [0.3, 0.4) is 0 Å². The predicted octanol–water partition coefficient (Wildman–Crippen LogP) is 2.93. The largest absolute Gasteiger partial charge is 0.305 e. The predicted molar refractivity (Wildman–Crippen MR) is 61.1 cm³/mol. The van der Waals surface area contributed by atoms with Crippen LogP contribution < -0.4 is 0 Å². The van der Waals surface area contributed by atoms with E-state index in [1.807, 2.05) is 6.07 Å². The van der Waals surface area contributed by atoms with Gasteiger partial charge in [-0.2, -0.15) is 0 Å². The van der Waals surface area contributed by atoms with Crippen molar-refractivity contribution < 1.29 is 0 Å². The number of halogens is 1. The summed E-state index contributed by atoms with van der Waals surface area (Å²) in [5.74, 6) is 0.594. The van der Waals surface area contributed by atoms with Gasteiger partial charge in [0.15, 0.2) is 0 Å². The van der Waals surface area contributed by atoms with E-state index in [9.17, 15) is 0 Å². The lowest BCUT2D eigenvalue weighted by Crippen LogP contribution is -2.22. The fourth-order valence-corrected chi connectivity index (χ4v) is 2.40. The molecule has 0 aliphatic carbocycles. The number of likely N-dealkylation sites (N-methyl/N-ethyl adjacent to an activating group) is 1. The van der Waals surface area contributed by atoms with Gasteiger partial charge in [0, 0.05) is 18.1 Å². The minimum atomic E-state index is 0.594. The minimum Gasteiger partial charge on any atom is -0.305 e. The van der Waals surface area contributed by atoms with Crippen LogP contribution in [0.5, 0.6) is 0 Å².